The standard InChI is InChI=1S/C23H24ClN5O2/c1-16-3-6-19(15-21(16)24)26-23(31)28-13-11-27(12-14-28)22(30)18-4-7-20(8-5-18)29-17(2)9-10-25-29/h3-10,15H,11-14H2,1-2H3,(H,26,31). The number of aryl methyl sites for hydroxylation is 2. The Kier molecular flexibility index (Phi) is 5.95. The van der Waals surface area contributed by atoms with Crippen molar-refractivity contribution in [1.29, 1.82) is 0 Å². The number of anilines is 1. The van der Waals surface area contributed by atoms with Crippen LogP contribution in [0, 0.1) is 13.8 Å². The first kappa shape index (κ1) is 20.9. The van der Waals surface area contributed by atoms with Gasteiger partial charge in [0.2, 0.25) is 0 Å². The van der Waals surface area contributed by atoms with Gasteiger partial charge in [0.1, 0.15) is 0 Å². The topological polar surface area (TPSA) is 70.5 Å². The minimum atomic E-state index is -0.189. The van der Waals surface area contributed by atoms with Crippen LogP contribution in [-0.4, -0.2) is 57.7 Å². The molecule has 7 nitrogen and oxygen atoms in total. The highest BCUT2D eigenvalue weighted by Gasteiger charge is 2.25. The summed E-state index contributed by atoms with van der Waals surface area (Å²) in [4.78, 5) is 28.9. The van der Waals surface area contributed by atoms with Crippen molar-refractivity contribution in [2.45, 2.75) is 13.8 Å². The average Bonchev–Trinajstić information content (AvgIpc) is 3.22. The normalized spacial score (nSPS) is 13.9. The number of carbonyl (C=O) groups excluding carboxylic acids is 2. The first-order chi connectivity index (χ1) is 14.9. The molecule has 0 saturated carbocycles. The third-order valence-corrected chi connectivity index (χ3v) is 5.88. The van der Waals surface area contributed by atoms with Crippen molar-refractivity contribution in [3.63, 3.8) is 0 Å². The summed E-state index contributed by atoms with van der Waals surface area (Å²) in [6.07, 6.45) is 1.75. The maximum absolute atomic E-state index is 12.9. The van der Waals surface area contributed by atoms with Gasteiger partial charge < -0.3 is 15.1 Å². The molecule has 0 unspecified atom stereocenters. The first-order valence-electron chi connectivity index (χ1n) is 10.1. The van der Waals surface area contributed by atoms with Gasteiger partial charge in [-0.2, -0.15) is 5.10 Å². The number of rotatable bonds is 3. The lowest BCUT2D eigenvalue weighted by molar-refractivity contribution is 0.0671. The highest BCUT2D eigenvalue weighted by Crippen LogP contribution is 2.20. The zero-order valence-electron chi connectivity index (χ0n) is 17.5. The van der Waals surface area contributed by atoms with Gasteiger partial charge in [-0.25, -0.2) is 9.48 Å². The fraction of sp³-hybridized carbons (Fsp3) is 0.261. The molecule has 0 aliphatic carbocycles. The summed E-state index contributed by atoms with van der Waals surface area (Å²) in [7, 11) is 0. The first-order valence-corrected chi connectivity index (χ1v) is 10.5. The predicted molar refractivity (Wildman–Crippen MR) is 121 cm³/mol. The second-order valence-electron chi connectivity index (χ2n) is 7.60. The van der Waals surface area contributed by atoms with E-state index in [1.54, 1.807) is 22.1 Å². The number of nitrogens with one attached hydrogen (secondary N) is 1. The summed E-state index contributed by atoms with van der Waals surface area (Å²) in [6, 6.07) is 14.6. The molecule has 4 rings (SSSR count). The number of amides is 3. The van der Waals surface area contributed by atoms with Crippen molar-refractivity contribution in [2.75, 3.05) is 31.5 Å². The summed E-state index contributed by atoms with van der Waals surface area (Å²) in [5.74, 6) is -0.0332. The van der Waals surface area contributed by atoms with E-state index in [9.17, 15) is 9.59 Å². The Morgan fingerprint density at radius 1 is 0.935 bits per heavy atom. The van der Waals surface area contributed by atoms with Crippen molar-refractivity contribution in [1.82, 2.24) is 19.6 Å². The van der Waals surface area contributed by atoms with Gasteiger partial charge in [-0.15, -0.1) is 0 Å². The van der Waals surface area contributed by atoms with Crippen LogP contribution in [0.4, 0.5) is 10.5 Å². The highest BCUT2D eigenvalue weighted by atomic mass is 35.5. The molecule has 0 radical (unpaired) electrons. The lowest BCUT2D eigenvalue weighted by Gasteiger charge is -2.34. The average molecular weight is 438 g/mol. The van der Waals surface area contributed by atoms with Gasteiger partial charge in [-0.3, -0.25) is 4.79 Å². The second-order valence-corrected chi connectivity index (χ2v) is 8.01. The summed E-state index contributed by atoms with van der Waals surface area (Å²) >= 11 is 6.13. The quantitative estimate of drug-likeness (QED) is 0.669. The molecule has 160 valence electrons. The number of halogens is 1. The molecular formula is C23H24ClN5O2. The van der Waals surface area contributed by atoms with Crippen LogP contribution in [0.25, 0.3) is 5.69 Å². The minimum absolute atomic E-state index is 0.0332. The van der Waals surface area contributed by atoms with E-state index in [1.165, 1.54) is 0 Å². The Labute approximate surface area is 186 Å². The number of aromatic nitrogens is 2. The molecule has 1 aliphatic rings. The van der Waals surface area contributed by atoms with E-state index in [0.717, 1.165) is 16.9 Å². The Morgan fingerprint density at radius 2 is 1.61 bits per heavy atom. The lowest BCUT2D eigenvalue weighted by Crippen LogP contribution is -2.51. The fourth-order valence-electron chi connectivity index (χ4n) is 3.55. The molecule has 1 aromatic heterocycles. The van der Waals surface area contributed by atoms with Crippen molar-refractivity contribution >= 4 is 29.2 Å². The molecule has 0 bridgehead atoms. The van der Waals surface area contributed by atoms with Crippen LogP contribution in [0.5, 0.6) is 0 Å². The van der Waals surface area contributed by atoms with Gasteiger partial charge in [0.05, 0.1) is 5.69 Å². The third-order valence-electron chi connectivity index (χ3n) is 5.47. The van der Waals surface area contributed by atoms with E-state index in [4.69, 9.17) is 11.6 Å². The SMILES string of the molecule is Cc1ccc(NC(=O)N2CCN(C(=O)c3ccc(-n4nccc4C)cc3)CC2)cc1Cl. The van der Waals surface area contributed by atoms with Gasteiger partial charge in [0, 0.05) is 54.3 Å². The Balaban J connectivity index is 1.33. The highest BCUT2D eigenvalue weighted by molar-refractivity contribution is 6.31. The zero-order chi connectivity index (χ0) is 22.0. The van der Waals surface area contributed by atoms with Crippen LogP contribution in [0.3, 0.4) is 0 Å². The Morgan fingerprint density at radius 3 is 2.23 bits per heavy atom. The Hall–Kier alpha value is -3.32. The van der Waals surface area contributed by atoms with Crippen molar-refractivity contribution in [3.05, 3.63) is 76.6 Å². The number of piperazine rings is 1. The summed E-state index contributed by atoms with van der Waals surface area (Å²) in [5.41, 5.74) is 4.19. The largest absolute Gasteiger partial charge is 0.335 e. The van der Waals surface area contributed by atoms with E-state index in [-0.39, 0.29) is 11.9 Å². The smallest absolute Gasteiger partial charge is 0.321 e. The molecule has 3 aromatic rings. The Bertz CT molecular complexity index is 1100. The maximum atomic E-state index is 12.9. The molecular weight excluding hydrogens is 414 g/mol. The van der Waals surface area contributed by atoms with Crippen LogP contribution in [0.2, 0.25) is 5.02 Å². The van der Waals surface area contributed by atoms with Crippen LogP contribution in [0.1, 0.15) is 21.6 Å². The van der Waals surface area contributed by atoms with E-state index < -0.39 is 0 Å². The number of hydrogen-bond acceptors (Lipinski definition) is 3. The van der Waals surface area contributed by atoms with Gasteiger partial charge in [-0.05, 0) is 61.9 Å². The molecule has 1 fully saturated rings. The number of carbonyl (C=O) groups is 2. The van der Waals surface area contributed by atoms with Gasteiger partial charge in [0.25, 0.3) is 5.91 Å². The van der Waals surface area contributed by atoms with Crippen molar-refractivity contribution in [3.8, 4) is 5.69 Å². The van der Waals surface area contributed by atoms with Crippen LogP contribution < -0.4 is 5.32 Å². The molecule has 2 aromatic carbocycles. The third kappa shape index (κ3) is 4.56. The molecule has 8 heteroatoms. The number of nitrogens with zero attached hydrogens (tertiary/aromatic N) is 4. The molecule has 1 saturated heterocycles. The lowest BCUT2D eigenvalue weighted by atomic mass is 10.1. The van der Waals surface area contributed by atoms with Crippen LogP contribution >= 0.6 is 11.6 Å². The van der Waals surface area contributed by atoms with Crippen LogP contribution in [0.15, 0.2) is 54.7 Å². The number of urea groups is 1. The van der Waals surface area contributed by atoms with E-state index in [2.05, 4.69) is 10.4 Å². The molecule has 31 heavy (non-hydrogen) atoms. The van der Waals surface area contributed by atoms with Gasteiger partial charge in [-0.1, -0.05) is 17.7 Å². The van der Waals surface area contributed by atoms with E-state index in [0.29, 0.717) is 42.5 Å². The molecule has 1 aliphatic heterocycles. The minimum Gasteiger partial charge on any atom is -0.335 e. The fourth-order valence-corrected chi connectivity index (χ4v) is 3.73. The van der Waals surface area contributed by atoms with Crippen LogP contribution in [-0.2, 0) is 0 Å². The number of benzene rings is 2. The molecule has 1 N–H and O–H groups in total. The monoisotopic (exact) mass is 437 g/mol. The van der Waals surface area contributed by atoms with Gasteiger partial charge in [0.15, 0.2) is 0 Å². The van der Waals surface area contributed by atoms with E-state index >= 15 is 0 Å². The van der Waals surface area contributed by atoms with Crippen molar-refractivity contribution < 1.29 is 9.59 Å². The maximum Gasteiger partial charge on any atom is 0.321 e. The molecule has 2 heterocycles. The zero-order valence-corrected chi connectivity index (χ0v) is 18.3. The van der Waals surface area contributed by atoms with E-state index in [1.807, 2.05) is 61.0 Å². The summed E-state index contributed by atoms with van der Waals surface area (Å²) < 4.78 is 1.83. The molecule has 0 atom stereocenters. The summed E-state index contributed by atoms with van der Waals surface area (Å²) in [5, 5.41) is 7.77. The molecule has 3 amide bonds. The van der Waals surface area contributed by atoms with Gasteiger partial charge >= 0.3 is 6.03 Å². The van der Waals surface area contributed by atoms with Crippen molar-refractivity contribution in [2.24, 2.45) is 0 Å². The second kappa shape index (κ2) is 8.81. The summed E-state index contributed by atoms with van der Waals surface area (Å²) in [6.45, 7) is 5.82. The number of hydrogen-bond donors (Lipinski definition) is 1. The predicted octanol–water partition coefficient (Wildman–Crippen LogP) is 4.13. The molecule has 0 spiro atoms.